The summed E-state index contributed by atoms with van der Waals surface area (Å²) in [5.74, 6) is 0.433. The lowest BCUT2D eigenvalue weighted by atomic mass is 10.1. The van der Waals surface area contributed by atoms with Crippen molar-refractivity contribution in [2.45, 2.75) is 24.1 Å². The molecule has 1 heterocycles. The van der Waals surface area contributed by atoms with Crippen molar-refractivity contribution in [3.05, 3.63) is 59.1 Å². The number of halogens is 1. The maximum Gasteiger partial charge on any atom is 0.237 e. The van der Waals surface area contributed by atoms with E-state index < -0.39 is 0 Å². The molecule has 1 atom stereocenters. The molecule has 0 aliphatic carbocycles. The average Bonchev–Trinajstić information content (AvgIpc) is 2.62. The van der Waals surface area contributed by atoms with Gasteiger partial charge >= 0.3 is 0 Å². The zero-order chi connectivity index (χ0) is 18.7. The van der Waals surface area contributed by atoms with Crippen molar-refractivity contribution in [1.82, 2.24) is 4.98 Å². The Kier molecular flexibility index (Phi) is 5.69. The molecule has 0 aliphatic heterocycles. The van der Waals surface area contributed by atoms with E-state index in [-0.39, 0.29) is 11.2 Å². The van der Waals surface area contributed by atoms with E-state index >= 15 is 0 Å². The zero-order valence-corrected chi connectivity index (χ0v) is 16.3. The van der Waals surface area contributed by atoms with Crippen molar-refractivity contribution in [2.75, 3.05) is 12.4 Å². The molecular weight excluding hydrogens is 368 g/mol. The van der Waals surface area contributed by atoms with Crippen LogP contribution in [0, 0.1) is 6.92 Å². The first-order chi connectivity index (χ1) is 12.5. The molecule has 2 aromatic carbocycles. The molecule has 3 aromatic rings. The van der Waals surface area contributed by atoms with Gasteiger partial charge in [0.05, 0.1) is 28.6 Å². The van der Waals surface area contributed by atoms with E-state index in [9.17, 15) is 4.79 Å². The third kappa shape index (κ3) is 4.11. The van der Waals surface area contributed by atoms with Gasteiger partial charge in [0, 0.05) is 10.4 Å². The standard InChI is InChI=1S/C20H19ClN2O2S/c1-12-10-19(22-16-7-5-4-6-15(12)16)26-13(2)20(24)23-17-11-14(21)8-9-18(17)25-3/h4-11,13H,1-3H3,(H,23,24). The number of carbonyl (C=O) groups is 1. The first-order valence-corrected chi connectivity index (χ1v) is 9.41. The highest BCUT2D eigenvalue weighted by Gasteiger charge is 2.18. The number of para-hydroxylation sites is 1. The predicted octanol–water partition coefficient (Wildman–Crippen LogP) is 5.32. The smallest absolute Gasteiger partial charge is 0.237 e. The molecule has 1 amide bonds. The largest absolute Gasteiger partial charge is 0.495 e. The Hall–Kier alpha value is -2.24. The molecule has 1 unspecified atom stereocenters. The van der Waals surface area contributed by atoms with Gasteiger partial charge in [0.2, 0.25) is 5.91 Å². The highest BCUT2D eigenvalue weighted by atomic mass is 35.5. The first-order valence-electron chi connectivity index (χ1n) is 8.15. The van der Waals surface area contributed by atoms with E-state index in [2.05, 4.69) is 17.2 Å². The van der Waals surface area contributed by atoms with Crippen LogP contribution < -0.4 is 10.1 Å². The molecule has 0 bridgehead atoms. The highest BCUT2D eigenvalue weighted by molar-refractivity contribution is 8.00. The molecular formula is C20H19ClN2O2S. The third-order valence-electron chi connectivity index (χ3n) is 3.99. The number of carbonyl (C=O) groups excluding carboxylic acids is 1. The van der Waals surface area contributed by atoms with Gasteiger partial charge in [-0.05, 0) is 49.7 Å². The number of nitrogens with zero attached hydrogens (tertiary/aromatic N) is 1. The molecule has 3 rings (SSSR count). The SMILES string of the molecule is COc1ccc(Cl)cc1NC(=O)C(C)Sc1cc(C)c2ccccc2n1. The summed E-state index contributed by atoms with van der Waals surface area (Å²) < 4.78 is 5.27. The van der Waals surface area contributed by atoms with Crippen LogP contribution >= 0.6 is 23.4 Å². The average molecular weight is 387 g/mol. The second kappa shape index (κ2) is 7.98. The minimum atomic E-state index is -0.327. The lowest BCUT2D eigenvalue weighted by Gasteiger charge is -2.15. The summed E-state index contributed by atoms with van der Waals surface area (Å²) in [7, 11) is 1.55. The molecule has 0 saturated carbocycles. The number of benzene rings is 2. The van der Waals surface area contributed by atoms with Crippen molar-refractivity contribution < 1.29 is 9.53 Å². The van der Waals surface area contributed by atoms with Crippen molar-refractivity contribution >= 4 is 45.9 Å². The predicted molar refractivity (Wildman–Crippen MR) is 108 cm³/mol. The zero-order valence-electron chi connectivity index (χ0n) is 14.7. The van der Waals surface area contributed by atoms with Crippen LogP contribution in [0.15, 0.2) is 53.6 Å². The molecule has 26 heavy (non-hydrogen) atoms. The van der Waals surface area contributed by atoms with E-state index in [0.717, 1.165) is 21.5 Å². The Morgan fingerprint density at radius 2 is 2.00 bits per heavy atom. The van der Waals surface area contributed by atoms with E-state index in [1.54, 1.807) is 25.3 Å². The second-order valence-corrected chi connectivity index (χ2v) is 7.69. The summed E-state index contributed by atoms with van der Waals surface area (Å²) in [6.45, 7) is 3.90. The van der Waals surface area contributed by atoms with Gasteiger partial charge in [0.25, 0.3) is 0 Å². The van der Waals surface area contributed by atoms with E-state index in [1.807, 2.05) is 37.3 Å². The van der Waals surface area contributed by atoms with Crippen LogP contribution in [0.4, 0.5) is 5.69 Å². The van der Waals surface area contributed by atoms with Crippen LogP contribution in [0.2, 0.25) is 5.02 Å². The summed E-state index contributed by atoms with van der Waals surface area (Å²) in [5, 5.41) is 5.03. The highest BCUT2D eigenvalue weighted by Crippen LogP contribution is 2.30. The van der Waals surface area contributed by atoms with Crippen LogP contribution in [-0.2, 0) is 4.79 Å². The molecule has 6 heteroatoms. The number of aryl methyl sites for hydroxylation is 1. The fourth-order valence-corrected chi connectivity index (χ4v) is 3.72. The van der Waals surface area contributed by atoms with E-state index in [4.69, 9.17) is 16.3 Å². The van der Waals surface area contributed by atoms with Crippen LogP contribution in [0.3, 0.4) is 0 Å². The van der Waals surface area contributed by atoms with Gasteiger partial charge in [-0.1, -0.05) is 41.6 Å². The Labute approximate surface area is 161 Å². The summed E-state index contributed by atoms with van der Waals surface area (Å²) in [6.07, 6.45) is 0. The summed E-state index contributed by atoms with van der Waals surface area (Å²) >= 11 is 7.44. The Bertz CT molecular complexity index is 962. The molecule has 1 N–H and O–H groups in total. The fraction of sp³-hybridized carbons (Fsp3) is 0.200. The van der Waals surface area contributed by atoms with Gasteiger partial charge in [-0.25, -0.2) is 4.98 Å². The first kappa shape index (κ1) is 18.5. The van der Waals surface area contributed by atoms with Crippen LogP contribution in [0.25, 0.3) is 10.9 Å². The van der Waals surface area contributed by atoms with Crippen LogP contribution in [-0.4, -0.2) is 23.3 Å². The number of thioether (sulfide) groups is 1. The Morgan fingerprint density at radius 3 is 2.77 bits per heavy atom. The third-order valence-corrected chi connectivity index (χ3v) is 5.24. The maximum absolute atomic E-state index is 12.6. The normalized spacial score (nSPS) is 12.0. The number of ether oxygens (including phenoxy) is 1. The lowest BCUT2D eigenvalue weighted by molar-refractivity contribution is -0.115. The van der Waals surface area contributed by atoms with Crippen LogP contribution in [0.5, 0.6) is 5.75 Å². The molecule has 1 aromatic heterocycles. The Balaban J connectivity index is 1.77. The summed E-state index contributed by atoms with van der Waals surface area (Å²) in [4.78, 5) is 17.2. The number of nitrogens with one attached hydrogen (secondary N) is 1. The number of hydrogen-bond acceptors (Lipinski definition) is 4. The second-order valence-electron chi connectivity index (χ2n) is 5.89. The minimum absolute atomic E-state index is 0.136. The van der Waals surface area contributed by atoms with Crippen LogP contribution in [0.1, 0.15) is 12.5 Å². The number of pyridine rings is 1. The molecule has 0 fully saturated rings. The number of anilines is 1. The van der Waals surface area contributed by atoms with E-state index in [0.29, 0.717) is 16.5 Å². The number of fused-ring (bicyclic) bond motifs is 1. The molecule has 134 valence electrons. The number of methoxy groups -OCH3 is 1. The van der Waals surface area contributed by atoms with Gasteiger partial charge in [0.1, 0.15) is 5.75 Å². The van der Waals surface area contributed by atoms with Crippen molar-refractivity contribution in [1.29, 1.82) is 0 Å². The molecule has 0 radical (unpaired) electrons. The van der Waals surface area contributed by atoms with Gasteiger partial charge in [-0.3, -0.25) is 4.79 Å². The van der Waals surface area contributed by atoms with E-state index in [1.165, 1.54) is 11.8 Å². The maximum atomic E-state index is 12.6. The fourth-order valence-electron chi connectivity index (χ4n) is 2.63. The molecule has 0 aliphatic rings. The number of aromatic nitrogens is 1. The number of hydrogen-bond donors (Lipinski definition) is 1. The molecule has 4 nitrogen and oxygen atoms in total. The topological polar surface area (TPSA) is 51.2 Å². The number of rotatable bonds is 5. The summed E-state index contributed by atoms with van der Waals surface area (Å²) in [5.41, 5.74) is 2.63. The van der Waals surface area contributed by atoms with Crippen molar-refractivity contribution in [3.8, 4) is 5.75 Å². The van der Waals surface area contributed by atoms with Gasteiger partial charge in [-0.2, -0.15) is 0 Å². The lowest BCUT2D eigenvalue weighted by Crippen LogP contribution is -2.22. The molecule has 0 saturated heterocycles. The van der Waals surface area contributed by atoms with Gasteiger partial charge < -0.3 is 10.1 Å². The van der Waals surface area contributed by atoms with Gasteiger partial charge in [-0.15, -0.1) is 0 Å². The number of amides is 1. The quantitative estimate of drug-likeness (QED) is 0.602. The van der Waals surface area contributed by atoms with Crippen molar-refractivity contribution in [3.63, 3.8) is 0 Å². The monoisotopic (exact) mass is 386 g/mol. The van der Waals surface area contributed by atoms with Crippen molar-refractivity contribution in [2.24, 2.45) is 0 Å². The summed E-state index contributed by atoms with van der Waals surface area (Å²) in [6, 6.07) is 15.1. The minimum Gasteiger partial charge on any atom is -0.495 e. The Morgan fingerprint density at radius 1 is 1.23 bits per heavy atom. The van der Waals surface area contributed by atoms with Gasteiger partial charge in [0.15, 0.2) is 0 Å². The molecule has 0 spiro atoms.